The summed E-state index contributed by atoms with van der Waals surface area (Å²) >= 11 is 0. The van der Waals surface area contributed by atoms with Crippen LogP contribution in [0.25, 0.3) is 0 Å². The van der Waals surface area contributed by atoms with E-state index in [1.807, 2.05) is 0 Å². The molecule has 0 aromatic carbocycles. The Hall–Kier alpha value is -0.640. The van der Waals surface area contributed by atoms with E-state index in [1.54, 1.807) is 0 Å². The van der Waals surface area contributed by atoms with Crippen LogP contribution in [0.2, 0.25) is 0 Å². The Morgan fingerprint density at radius 2 is 0.941 bits per heavy atom. The number of ether oxygens (including phenoxy) is 5. The van der Waals surface area contributed by atoms with Gasteiger partial charge in [0.1, 0.15) is 54.9 Å². The minimum Gasteiger partial charge on any atom is -0.394 e. The lowest BCUT2D eigenvalue weighted by molar-refractivity contribution is -0.348. The van der Waals surface area contributed by atoms with Crippen molar-refractivity contribution in [1.29, 1.82) is 0 Å². The van der Waals surface area contributed by atoms with Gasteiger partial charge in [-0.1, -0.05) is 0 Å². The fourth-order valence-corrected chi connectivity index (χ4v) is 4.18. The maximum absolute atomic E-state index is 10.8. The van der Waals surface area contributed by atoms with E-state index in [2.05, 4.69) is 0 Å². The fraction of sp³-hybridized carbons (Fsp3) is 1.00. The summed E-state index contributed by atoms with van der Waals surface area (Å²) in [4.78, 5) is 0. The van der Waals surface area contributed by atoms with E-state index >= 15 is 0 Å². The van der Waals surface area contributed by atoms with Crippen molar-refractivity contribution in [3.8, 4) is 0 Å². The second-order valence-electron chi connectivity index (χ2n) is 8.59. The number of aliphatic hydroxyl groups is 8. The molecule has 14 N–H and O–H groups in total. The van der Waals surface area contributed by atoms with Gasteiger partial charge in [0.2, 0.25) is 0 Å². The second-order valence-corrected chi connectivity index (χ2v) is 8.59. The summed E-state index contributed by atoms with van der Waals surface area (Å²) in [5.41, 5.74) is 17.6. The Kier molecular flexibility index (Phi) is 9.54. The van der Waals surface area contributed by atoms with Crippen LogP contribution in [0.5, 0.6) is 0 Å². The van der Waals surface area contributed by atoms with Crippen LogP contribution in [0.4, 0.5) is 0 Å². The van der Waals surface area contributed by atoms with Crippen molar-refractivity contribution >= 4 is 0 Å². The molecule has 1 unspecified atom stereocenters. The summed E-state index contributed by atoms with van der Waals surface area (Å²) in [6.07, 6.45) is -16.8. The summed E-state index contributed by atoms with van der Waals surface area (Å²) in [6.45, 7) is -2.00. The molecule has 0 radical (unpaired) electrons. The zero-order valence-electron chi connectivity index (χ0n) is 18.1. The van der Waals surface area contributed by atoms with E-state index < -0.39 is 112 Å². The van der Waals surface area contributed by atoms with Crippen molar-refractivity contribution in [2.24, 2.45) is 17.2 Å². The van der Waals surface area contributed by atoms with Gasteiger partial charge >= 0.3 is 0 Å². The molecule has 3 aliphatic heterocycles. The van der Waals surface area contributed by atoms with Crippen LogP contribution >= 0.6 is 0 Å². The van der Waals surface area contributed by atoms with Crippen LogP contribution in [-0.4, -0.2) is 153 Å². The number of hydrogen-bond donors (Lipinski definition) is 11. The van der Waals surface area contributed by atoms with Gasteiger partial charge in [-0.2, -0.15) is 0 Å². The third kappa shape index (κ3) is 5.37. The highest BCUT2D eigenvalue weighted by Gasteiger charge is 2.52. The molecule has 3 aliphatic rings. The summed E-state index contributed by atoms with van der Waals surface area (Å²) in [5, 5.41) is 79.6. The summed E-state index contributed by atoms with van der Waals surface area (Å²) in [7, 11) is 0. The lowest BCUT2D eigenvalue weighted by Crippen LogP contribution is -2.69. The van der Waals surface area contributed by atoms with Gasteiger partial charge < -0.3 is 81.7 Å². The van der Waals surface area contributed by atoms with E-state index in [0.29, 0.717) is 0 Å². The Bertz CT molecular complexity index is 646. The van der Waals surface area contributed by atoms with E-state index in [4.69, 9.17) is 40.9 Å². The van der Waals surface area contributed by atoms with Crippen LogP contribution in [-0.2, 0) is 23.7 Å². The predicted octanol–water partition coefficient (Wildman–Crippen LogP) is -7.67. The maximum atomic E-state index is 10.8. The van der Waals surface area contributed by atoms with Gasteiger partial charge in [-0.15, -0.1) is 0 Å². The standard InChI is InChI=1S/C18H35N3O13/c19-7-12(27)14(5(2-23)30-16(7)29)33-18-9(21)13(28)15(6(3-24)32-18)34-17-8(20)11(26)10(25)4(1-22)31-17/h4-18,22-29H,1-3,19-21H2/t4-,5-,6-,7-,8-,9-,10-,11-,12-,13-,14-,15-,16?,17+,18+/m1/s1. The zero-order chi connectivity index (χ0) is 25.3. The Balaban J connectivity index is 1.72. The minimum absolute atomic E-state index is 0.651. The lowest BCUT2D eigenvalue weighted by Gasteiger charge is -2.48. The molecule has 16 heteroatoms. The zero-order valence-corrected chi connectivity index (χ0v) is 18.1. The van der Waals surface area contributed by atoms with Crippen LogP contribution in [0.3, 0.4) is 0 Å². The molecule has 0 aromatic rings. The largest absolute Gasteiger partial charge is 0.394 e. The Morgan fingerprint density at radius 1 is 0.529 bits per heavy atom. The van der Waals surface area contributed by atoms with E-state index in [9.17, 15) is 40.9 Å². The Morgan fingerprint density at radius 3 is 1.44 bits per heavy atom. The molecule has 3 heterocycles. The second kappa shape index (κ2) is 11.6. The van der Waals surface area contributed by atoms with Gasteiger partial charge in [0, 0.05) is 0 Å². The lowest BCUT2D eigenvalue weighted by atomic mass is 9.94. The molecule has 3 rings (SSSR count). The topological polar surface area (TPSA) is 286 Å². The molecule has 0 amide bonds. The number of hydrogen-bond acceptors (Lipinski definition) is 16. The third-order valence-corrected chi connectivity index (χ3v) is 6.33. The predicted molar refractivity (Wildman–Crippen MR) is 107 cm³/mol. The summed E-state index contributed by atoms with van der Waals surface area (Å²) in [5.74, 6) is 0. The van der Waals surface area contributed by atoms with Gasteiger partial charge in [-0.3, -0.25) is 0 Å². The van der Waals surface area contributed by atoms with Crippen molar-refractivity contribution in [2.45, 2.75) is 91.9 Å². The van der Waals surface area contributed by atoms with Crippen molar-refractivity contribution < 1.29 is 64.5 Å². The van der Waals surface area contributed by atoms with Gasteiger partial charge in [-0.25, -0.2) is 0 Å². The fourth-order valence-electron chi connectivity index (χ4n) is 4.18. The number of aliphatic hydroxyl groups excluding tert-OH is 8. The van der Waals surface area contributed by atoms with Crippen LogP contribution in [0.1, 0.15) is 0 Å². The molecule has 0 spiro atoms. The first-order chi connectivity index (χ1) is 16.0. The number of nitrogens with two attached hydrogens (primary N) is 3. The maximum Gasteiger partial charge on any atom is 0.176 e. The molecule has 200 valence electrons. The van der Waals surface area contributed by atoms with Gasteiger partial charge in [0.25, 0.3) is 0 Å². The average molecular weight is 501 g/mol. The molecule has 34 heavy (non-hydrogen) atoms. The molecule has 0 saturated carbocycles. The third-order valence-electron chi connectivity index (χ3n) is 6.33. The SMILES string of the molecule is N[C@H]1[C@H](O[C@H]2[C@H](O)[C@@H](N)[C@H](O[C@H]3[C@H](O)[C@@H](N)C(O)O[C@@H]3CO)O[C@@H]2CO)O[C@H](CO)[C@@H](O)[C@@H]1O. The van der Waals surface area contributed by atoms with E-state index in [1.165, 1.54) is 0 Å². The van der Waals surface area contributed by atoms with Gasteiger partial charge in [0.15, 0.2) is 18.9 Å². The average Bonchev–Trinajstić information content (AvgIpc) is 2.83. The van der Waals surface area contributed by atoms with Gasteiger partial charge in [0.05, 0.1) is 37.9 Å². The van der Waals surface area contributed by atoms with Crippen molar-refractivity contribution in [2.75, 3.05) is 19.8 Å². The van der Waals surface area contributed by atoms with Crippen molar-refractivity contribution in [1.82, 2.24) is 0 Å². The minimum atomic E-state index is -1.56. The summed E-state index contributed by atoms with van der Waals surface area (Å²) < 4.78 is 27.4. The smallest absolute Gasteiger partial charge is 0.176 e. The molecule has 3 fully saturated rings. The molecule has 0 aliphatic carbocycles. The quantitative estimate of drug-likeness (QED) is 0.154. The molecule has 16 nitrogen and oxygen atoms in total. The highest BCUT2D eigenvalue weighted by Crippen LogP contribution is 2.30. The molecule has 3 saturated heterocycles. The summed E-state index contributed by atoms with van der Waals surface area (Å²) in [6, 6.07) is -3.87. The van der Waals surface area contributed by atoms with E-state index in [-0.39, 0.29) is 0 Å². The molecular formula is C18H35N3O13. The van der Waals surface area contributed by atoms with Crippen molar-refractivity contribution in [3.63, 3.8) is 0 Å². The molecule has 0 bridgehead atoms. The highest BCUT2D eigenvalue weighted by molar-refractivity contribution is 4.98. The van der Waals surface area contributed by atoms with Gasteiger partial charge in [-0.05, 0) is 0 Å². The molecule has 0 aromatic heterocycles. The van der Waals surface area contributed by atoms with E-state index in [0.717, 1.165) is 0 Å². The number of rotatable bonds is 7. The molecule has 15 atom stereocenters. The first-order valence-corrected chi connectivity index (χ1v) is 10.8. The first kappa shape index (κ1) is 27.9. The van der Waals surface area contributed by atoms with Crippen molar-refractivity contribution in [3.05, 3.63) is 0 Å². The normalized spacial score (nSPS) is 52.5. The first-order valence-electron chi connectivity index (χ1n) is 10.8. The van der Waals surface area contributed by atoms with Crippen LogP contribution in [0.15, 0.2) is 0 Å². The van der Waals surface area contributed by atoms with Crippen LogP contribution in [0, 0.1) is 0 Å². The monoisotopic (exact) mass is 501 g/mol. The highest BCUT2D eigenvalue weighted by atomic mass is 16.7. The molecular weight excluding hydrogens is 466 g/mol. The Labute approximate surface area is 194 Å². The van der Waals surface area contributed by atoms with Crippen LogP contribution < -0.4 is 17.2 Å².